The molecule has 0 saturated carbocycles. The predicted octanol–water partition coefficient (Wildman–Crippen LogP) is 2.92. The van der Waals surface area contributed by atoms with Crippen LogP contribution in [0.5, 0.6) is 0 Å². The molecule has 0 spiro atoms. The molecule has 1 aromatic carbocycles. The molecule has 0 saturated heterocycles. The summed E-state index contributed by atoms with van der Waals surface area (Å²) in [4.78, 5) is 4.29. The third kappa shape index (κ3) is 1.88. The minimum atomic E-state index is 0.514. The van der Waals surface area contributed by atoms with Crippen molar-refractivity contribution in [3.05, 3.63) is 52.0 Å². The molecule has 82 valence electrons. The first-order valence-corrected chi connectivity index (χ1v) is 6.51. The van der Waals surface area contributed by atoms with Crippen LogP contribution in [-0.2, 0) is 13.0 Å². The van der Waals surface area contributed by atoms with Crippen molar-refractivity contribution in [2.75, 3.05) is 0 Å². The quantitative estimate of drug-likeness (QED) is 0.877. The highest BCUT2D eigenvalue weighted by molar-refractivity contribution is 7.09. The van der Waals surface area contributed by atoms with Crippen LogP contribution in [0.25, 0.3) is 0 Å². The Bertz CT molecular complexity index is 465. The van der Waals surface area contributed by atoms with Crippen molar-refractivity contribution in [2.45, 2.75) is 25.4 Å². The number of benzene rings is 1. The van der Waals surface area contributed by atoms with E-state index in [4.69, 9.17) is 0 Å². The molecule has 2 aromatic rings. The minimum Gasteiger partial charge on any atom is -0.304 e. The average Bonchev–Trinajstić information content (AvgIpc) is 2.96. The number of nitrogens with one attached hydrogen (secondary N) is 1. The summed E-state index contributed by atoms with van der Waals surface area (Å²) in [5.41, 5.74) is 2.97. The van der Waals surface area contributed by atoms with E-state index in [9.17, 15) is 0 Å². The van der Waals surface area contributed by atoms with E-state index in [1.54, 1.807) is 11.3 Å². The Morgan fingerprint density at radius 3 is 3.19 bits per heavy atom. The molecule has 1 aliphatic rings. The summed E-state index contributed by atoms with van der Waals surface area (Å²) < 4.78 is 0. The Kier molecular flexibility index (Phi) is 2.72. The Morgan fingerprint density at radius 1 is 1.38 bits per heavy atom. The first kappa shape index (κ1) is 10.00. The summed E-state index contributed by atoms with van der Waals surface area (Å²) in [5, 5.41) is 6.79. The van der Waals surface area contributed by atoms with Crippen molar-refractivity contribution >= 4 is 11.3 Å². The van der Waals surface area contributed by atoms with Gasteiger partial charge in [0, 0.05) is 24.2 Å². The summed E-state index contributed by atoms with van der Waals surface area (Å²) in [7, 11) is 0. The largest absolute Gasteiger partial charge is 0.304 e. The Balaban J connectivity index is 1.69. The lowest BCUT2D eigenvalue weighted by Gasteiger charge is -2.12. The second kappa shape index (κ2) is 4.36. The van der Waals surface area contributed by atoms with Crippen LogP contribution in [0.15, 0.2) is 35.8 Å². The lowest BCUT2D eigenvalue weighted by Crippen LogP contribution is -2.18. The van der Waals surface area contributed by atoms with Crippen LogP contribution in [-0.4, -0.2) is 4.98 Å². The fraction of sp³-hybridized carbons (Fsp3) is 0.308. The lowest BCUT2D eigenvalue weighted by atomic mass is 10.1. The van der Waals surface area contributed by atoms with E-state index < -0.39 is 0 Å². The van der Waals surface area contributed by atoms with Crippen LogP contribution in [0.1, 0.15) is 28.6 Å². The monoisotopic (exact) mass is 230 g/mol. The molecule has 1 unspecified atom stereocenters. The summed E-state index contributed by atoms with van der Waals surface area (Å²) in [6, 6.07) is 9.24. The second-order valence-electron chi connectivity index (χ2n) is 4.10. The summed E-state index contributed by atoms with van der Waals surface area (Å²) >= 11 is 1.71. The van der Waals surface area contributed by atoms with Crippen LogP contribution >= 0.6 is 11.3 Å². The number of nitrogens with zero attached hydrogens (tertiary/aromatic N) is 1. The second-order valence-corrected chi connectivity index (χ2v) is 5.08. The molecule has 2 nitrogen and oxygen atoms in total. The van der Waals surface area contributed by atoms with E-state index in [0.29, 0.717) is 6.04 Å². The van der Waals surface area contributed by atoms with Gasteiger partial charge in [-0.2, -0.15) is 0 Å². The molecule has 1 aromatic heterocycles. The average molecular weight is 230 g/mol. The van der Waals surface area contributed by atoms with Crippen molar-refractivity contribution in [1.29, 1.82) is 0 Å². The van der Waals surface area contributed by atoms with Crippen molar-refractivity contribution in [2.24, 2.45) is 0 Å². The molecule has 0 radical (unpaired) electrons. The van der Waals surface area contributed by atoms with E-state index in [2.05, 4.69) is 34.6 Å². The fourth-order valence-corrected chi connectivity index (χ4v) is 2.89. The number of aromatic nitrogens is 1. The van der Waals surface area contributed by atoms with Gasteiger partial charge in [0.2, 0.25) is 0 Å². The van der Waals surface area contributed by atoms with Crippen LogP contribution in [0, 0.1) is 0 Å². The molecule has 3 rings (SSSR count). The van der Waals surface area contributed by atoms with Gasteiger partial charge in [0.15, 0.2) is 0 Å². The zero-order valence-corrected chi connectivity index (χ0v) is 9.83. The van der Waals surface area contributed by atoms with Crippen molar-refractivity contribution in [1.82, 2.24) is 10.3 Å². The normalized spacial score (nSPS) is 18.6. The SMILES string of the molecule is c1ccc2c(c1)CCC2NCc1nccs1. The molecule has 0 aliphatic heterocycles. The van der Waals surface area contributed by atoms with Crippen LogP contribution in [0.4, 0.5) is 0 Å². The standard InChI is InChI=1S/C13H14N2S/c1-2-4-11-10(3-1)5-6-12(11)15-9-13-14-7-8-16-13/h1-4,7-8,12,15H,5-6,9H2. The molecule has 0 bridgehead atoms. The molecule has 1 atom stereocenters. The van der Waals surface area contributed by atoms with Gasteiger partial charge in [-0.3, -0.25) is 0 Å². The number of hydrogen-bond acceptors (Lipinski definition) is 3. The Hall–Kier alpha value is -1.19. The molecule has 1 N–H and O–H groups in total. The van der Waals surface area contributed by atoms with E-state index in [1.807, 2.05) is 11.6 Å². The molecule has 0 amide bonds. The summed E-state index contributed by atoms with van der Waals surface area (Å²) in [6.07, 6.45) is 4.28. The van der Waals surface area contributed by atoms with E-state index in [0.717, 1.165) is 6.54 Å². The van der Waals surface area contributed by atoms with Gasteiger partial charge in [-0.25, -0.2) is 4.98 Å². The maximum Gasteiger partial charge on any atom is 0.106 e. The highest BCUT2D eigenvalue weighted by atomic mass is 32.1. The lowest BCUT2D eigenvalue weighted by molar-refractivity contribution is 0.529. The predicted molar refractivity (Wildman–Crippen MR) is 66.5 cm³/mol. The smallest absolute Gasteiger partial charge is 0.106 e. The first-order valence-electron chi connectivity index (χ1n) is 5.63. The van der Waals surface area contributed by atoms with Gasteiger partial charge in [0.1, 0.15) is 5.01 Å². The third-order valence-corrected chi connectivity index (χ3v) is 3.90. The Morgan fingerprint density at radius 2 is 2.31 bits per heavy atom. The maximum atomic E-state index is 4.29. The summed E-state index contributed by atoms with van der Waals surface area (Å²) in [5.74, 6) is 0. The van der Waals surface area contributed by atoms with E-state index in [-0.39, 0.29) is 0 Å². The van der Waals surface area contributed by atoms with Gasteiger partial charge in [-0.1, -0.05) is 24.3 Å². The van der Waals surface area contributed by atoms with Gasteiger partial charge in [-0.15, -0.1) is 11.3 Å². The van der Waals surface area contributed by atoms with Gasteiger partial charge < -0.3 is 5.32 Å². The third-order valence-electron chi connectivity index (χ3n) is 3.12. The van der Waals surface area contributed by atoms with Crippen molar-refractivity contribution in [3.63, 3.8) is 0 Å². The van der Waals surface area contributed by atoms with E-state index >= 15 is 0 Å². The highest BCUT2D eigenvalue weighted by Gasteiger charge is 2.21. The highest BCUT2D eigenvalue weighted by Crippen LogP contribution is 2.30. The van der Waals surface area contributed by atoms with Gasteiger partial charge in [0.25, 0.3) is 0 Å². The fourth-order valence-electron chi connectivity index (χ4n) is 2.32. The van der Waals surface area contributed by atoms with Gasteiger partial charge in [0.05, 0.1) is 0 Å². The molecule has 3 heteroatoms. The number of rotatable bonds is 3. The zero-order chi connectivity index (χ0) is 10.8. The maximum absolute atomic E-state index is 4.29. The molecular weight excluding hydrogens is 216 g/mol. The van der Waals surface area contributed by atoms with Gasteiger partial charge in [-0.05, 0) is 24.0 Å². The number of fused-ring (bicyclic) bond motifs is 1. The topological polar surface area (TPSA) is 24.9 Å². The van der Waals surface area contributed by atoms with Crippen molar-refractivity contribution in [3.8, 4) is 0 Å². The number of aryl methyl sites for hydroxylation is 1. The van der Waals surface area contributed by atoms with E-state index in [1.165, 1.54) is 29.0 Å². The molecule has 16 heavy (non-hydrogen) atoms. The van der Waals surface area contributed by atoms with Crippen molar-refractivity contribution < 1.29 is 0 Å². The van der Waals surface area contributed by atoms with Crippen LogP contribution in [0.2, 0.25) is 0 Å². The number of thiazole rings is 1. The summed E-state index contributed by atoms with van der Waals surface area (Å²) in [6.45, 7) is 0.886. The molecule has 1 heterocycles. The Labute approximate surface area is 99.4 Å². The molecule has 0 fully saturated rings. The van der Waals surface area contributed by atoms with Gasteiger partial charge >= 0.3 is 0 Å². The van der Waals surface area contributed by atoms with Crippen LogP contribution in [0.3, 0.4) is 0 Å². The zero-order valence-electron chi connectivity index (χ0n) is 9.02. The number of hydrogen-bond donors (Lipinski definition) is 1. The van der Waals surface area contributed by atoms with Crippen LogP contribution < -0.4 is 5.32 Å². The molecular formula is C13H14N2S. The minimum absolute atomic E-state index is 0.514. The molecule has 1 aliphatic carbocycles. The first-order chi connectivity index (χ1) is 7.93.